The highest BCUT2D eigenvalue weighted by molar-refractivity contribution is 5.69. The van der Waals surface area contributed by atoms with Crippen molar-refractivity contribution in [3.8, 4) is 11.5 Å². The number of carbonyl (C=O) groups excluding carboxylic acids is 1. The van der Waals surface area contributed by atoms with Gasteiger partial charge in [-0.15, -0.1) is 0 Å². The number of carbonyl (C=O) groups is 1. The zero-order chi connectivity index (χ0) is 11.8. The fourth-order valence-electron chi connectivity index (χ4n) is 1.90. The number of fused-ring (bicyclic) bond motifs is 1. The Labute approximate surface area is 97.1 Å². The lowest BCUT2D eigenvalue weighted by Gasteiger charge is -2.16. The van der Waals surface area contributed by atoms with E-state index in [0.29, 0.717) is 17.1 Å². The summed E-state index contributed by atoms with van der Waals surface area (Å²) in [5.41, 5.74) is 0.657. The fraction of sp³-hybridized carbons (Fsp3) is 0.364. The Balaban J connectivity index is 1.81. The summed E-state index contributed by atoms with van der Waals surface area (Å²) in [4.78, 5) is 10.9. The minimum atomic E-state index is -0.823. The van der Waals surface area contributed by atoms with Crippen molar-refractivity contribution in [1.29, 1.82) is 0 Å². The number of rotatable bonds is 2. The smallest absolute Gasteiger partial charge is 0.407 e. The zero-order valence-electron chi connectivity index (χ0n) is 8.88. The van der Waals surface area contributed by atoms with E-state index >= 15 is 0 Å². The number of cyclic esters (lactones) is 1. The largest absolute Gasteiger partial charge is 0.454 e. The number of aliphatic hydroxyl groups is 1. The third kappa shape index (κ3) is 1.76. The first kappa shape index (κ1) is 10.2. The van der Waals surface area contributed by atoms with Gasteiger partial charge in [-0.05, 0) is 17.7 Å². The van der Waals surface area contributed by atoms with Gasteiger partial charge in [0.1, 0.15) is 12.7 Å². The molecule has 1 aromatic rings. The third-order valence-corrected chi connectivity index (χ3v) is 2.82. The van der Waals surface area contributed by atoms with E-state index in [1.165, 1.54) is 0 Å². The highest BCUT2D eigenvalue weighted by Gasteiger charge is 2.30. The van der Waals surface area contributed by atoms with Gasteiger partial charge in [-0.2, -0.15) is 0 Å². The Bertz CT molecular complexity index is 461. The maximum Gasteiger partial charge on any atom is 0.407 e. The molecule has 0 aromatic heterocycles. The number of aliphatic hydroxyl groups excluding tert-OH is 1. The van der Waals surface area contributed by atoms with E-state index in [1.807, 2.05) is 0 Å². The number of nitrogens with one attached hydrogen (secondary N) is 1. The Morgan fingerprint density at radius 1 is 1.29 bits per heavy atom. The lowest BCUT2D eigenvalue weighted by molar-refractivity contribution is 0.125. The fourth-order valence-corrected chi connectivity index (χ4v) is 1.90. The summed E-state index contributed by atoms with van der Waals surface area (Å²) in [6.45, 7) is 0.354. The van der Waals surface area contributed by atoms with E-state index < -0.39 is 18.2 Å². The molecule has 2 aliphatic heterocycles. The number of alkyl carbamates (subject to hydrolysis) is 1. The van der Waals surface area contributed by atoms with Crippen LogP contribution in [0.15, 0.2) is 18.2 Å². The van der Waals surface area contributed by atoms with E-state index in [1.54, 1.807) is 18.2 Å². The van der Waals surface area contributed by atoms with Crippen molar-refractivity contribution in [2.24, 2.45) is 0 Å². The molecule has 0 unspecified atom stereocenters. The predicted molar refractivity (Wildman–Crippen MR) is 55.8 cm³/mol. The summed E-state index contributed by atoms with van der Waals surface area (Å²) in [5, 5.41) is 12.6. The van der Waals surface area contributed by atoms with Crippen LogP contribution < -0.4 is 14.8 Å². The molecule has 2 aliphatic rings. The lowest BCUT2D eigenvalue weighted by Crippen LogP contribution is -2.32. The molecule has 6 heteroatoms. The van der Waals surface area contributed by atoms with Gasteiger partial charge in [0.05, 0.1) is 6.04 Å². The monoisotopic (exact) mass is 237 g/mol. The molecule has 1 saturated heterocycles. The van der Waals surface area contributed by atoms with E-state index in [0.717, 1.165) is 0 Å². The second kappa shape index (κ2) is 3.81. The van der Waals surface area contributed by atoms with Gasteiger partial charge >= 0.3 is 6.09 Å². The van der Waals surface area contributed by atoms with Gasteiger partial charge in [-0.25, -0.2) is 4.79 Å². The quantitative estimate of drug-likeness (QED) is 0.785. The van der Waals surface area contributed by atoms with Crippen LogP contribution in [-0.4, -0.2) is 30.6 Å². The molecule has 0 bridgehead atoms. The molecule has 1 fully saturated rings. The summed E-state index contributed by atoms with van der Waals surface area (Å²) in [6.07, 6.45) is -1.33. The van der Waals surface area contributed by atoms with E-state index in [-0.39, 0.29) is 13.4 Å². The van der Waals surface area contributed by atoms with Gasteiger partial charge in [0.2, 0.25) is 6.79 Å². The molecule has 6 nitrogen and oxygen atoms in total. The maximum absolute atomic E-state index is 10.9. The molecule has 0 radical (unpaired) electrons. The minimum Gasteiger partial charge on any atom is -0.454 e. The molecule has 0 saturated carbocycles. The average molecular weight is 237 g/mol. The normalized spacial score (nSPS) is 23.1. The number of hydrogen-bond donors (Lipinski definition) is 2. The van der Waals surface area contributed by atoms with Crippen molar-refractivity contribution in [3.63, 3.8) is 0 Å². The van der Waals surface area contributed by atoms with Crippen molar-refractivity contribution in [2.45, 2.75) is 12.1 Å². The second-order valence-corrected chi connectivity index (χ2v) is 3.91. The van der Waals surface area contributed by atoms with Crippen LogP contribution in [0.2, 0.25) is 0 Å². The maximum atomic E-state index is 10.9. The SMILES string of the molecule is O=C1N[C@@H]([C@@H](O)c2ccc3c(c2)OCO3)CO1. The van der Waals surface area contributed by atoms with Crippen LogP contribution in [0.5, 0.6) is 11.5 Å². The van der Waals surface area contributed by atoms with Gasteiger partial charge in [-0.3, -0.25) is 0 Å². The number of amides is 1. The molecule has 2 N–H and O–H groups in total. The molecule has 0 spiro atoms. The molecule has 2 heterocycles. The molecule has 0 aliphatic carbocycles. The van der Waals surface area contributed by atoms with Crippen LogP contribution in [0.25, 0.3) is 0 Å². The number of hydrogen-bond acceptors (Lipinski definition) is 5. The second-order valence-electron chi connectivity index (χ2n) is 3.91. The molecule has 1 amide bonds. The molecule has 17 heavy (non-hydrogen) atoms. The van der Waals surface area contributed by atoms with Gasteiger partial charge in [-0.1, -0.05) is 6.07 Å². The summed E-state index contributed by atoms with van der Waals surface area (Å²) in [5.74, 6) is 1.26. The Morgan fingerprint density at radius 2 is 2.12 bits per heavy atom. The Kier molecular flexibility index (Phi) is 2.29. The first-order valence-electron chi connectivity index (χ1n) is 5.25. The van der Waals surface area contributed by atoms with Gasteiger partial charge < -0.3 is 24.6 Å². The van der Waals surface area contributed by atoms with Gasteiger partial charge in [0.15, 0.2) is 11.5 Å². The molecule has 3 rings (SSSR count). The van der Waals surface area contributed by atoms with Crippen LogP contribution in [-0.2, 0) is 4.74 Å². The predicted octanol–water partition coefficient (Wildman–Crippen LogP) is 0.557. The molecular weight excluding hydrogens is 226 g/mol. The minimum absolute atomic E-state index is 0.161. The summed E-state index contributed by atoms with van der Waals surface area (Å²) >= 11 is 0. The number of benzene rings is 1. The van der Waals surface area contributed by atoms with E-state index in [2.05, 4.69) is 5.32 Å². The van der Waals surface area contributed by atoms with E-state index in [9.17, 15) is 9.90 Å². The molecular formula is C11H11NO5. The van der Waals surface area contributed by atoms with Crippen LogP contribution in [0.4, 0.5) is 4.79 Å². The summed E-state index contributed by atoms with van der Waals surface area (Å²) in [7, 11) is 0. The highest BCUT2D eigenvalue weighted by Crippen LogP contribution is 2.35. The first-order valence-corrected chi connectivity index (χ1v) is 5.25. The van der Waals surface area contributed by atoms with Crippen molar-refractivity contribution in [3.05, 3.63) is 23.8 Å². The highest BCUT2D eigenvalue weighted by atomic mass is 16.7. The number of ether oxygens (including phenoxy) is 3. The third-order valence-electron chi connectivity index (χ3n) is 2.82. The average Bonchev–Trinajstić information content (AvgIpc) is 2.95. The first-order chi connectivity index (χ1) is 8.24. The van der Waals surface area contributed by atoms with Crippen molar-refractivity contribution in [2.75, 3.05) is 13.4 Å². The lowest BCUT2D eigenvalue weighted by atomic mass is 10.0. The van der Waals surface area contributed by atoms with Crippen molar-refractivity contribution in [1.82, 2.24) is 5.32 Å². The van der Waals surface area contributed by atoms with Crippen LogP contribution in [0.3, 0.4) is 0 Å². The van der Waals surface area contributed by atoms with Crippen LogP contribution >= 0.6 is 0 Å². The van der Waals surface area contributed by atoms with Crippen molar-refractivity contribution >= 4 is 6.09 Å². The standard InChI is InChI=1S/C11H11NO5/c13-10(7-4-15-11(14)12-7)6-1-2-8-9(3-6)17-5-16-8/h1-3,7,10,13H,4-5H2,(H,12,14)/t7-,10+/m1/s1. The van der Waals surface area contributed by atoms with E-state index in [4.69, 9.17) is 14.2 Å². The zero-order valence-corrected chi connectivity index (χ0v) is 8.88. The molecule has 90 valence electrons. The van der Waals surface area contributed by atoms with Crippen LogP contribution in [0, 0.1) is 0 Å². The topological polar surface area (TPSA) is 77.0 Å². The molecule has 1 aromatic carbocycles. The molecule has 2 atom stereocenters. The van der Waals surface area contributed by atoms with Gasteiger partial charge in [0, 0.05) is 0 Å². The Hall–Kier alpha value is -1.95. The van der Waals surface area contributed by atoms with Crippen LogP contribution in [0.1, 0.15) is 11.7 Å². The summed E-state index contributed by atoms with van der Waals surface area (Å²) in [6, 6.07) is 4.75. The Morgan fingerprint density at radius 3 is 2.88 bits per heavy atom. The van der Waals surface area contributed by atoms with Gasteiger partial charge in [0.25, 0.3) is 0 Å². The summed E-state index contributed by atoms with van der Waals surface area (Å²) < 4.78 is 15.1. The van der Waals surface area contributed by atoms with Crippen molar-refractivity contribution < 1.29 is 24.1 Å².